The van der Waals surface area contributed by atoms with E-state index in [0.29, 0.717) is 11.9 Å². The predicted octanol–water partition coefficient (Wildman–Crippen LogP) is 3.84. The second-order valence-corrected chi connectivity index (χ2v) is 5.29. The van der Waals surface area contributed by atoms with E-state index in [-0.39, 0.29) is 30.5 Å². The number of benzene rings is 1. The number of nitrogens with zero attached hydrogens (tertiary/aromatic N) is 1. The lowest BCUT2D eigenvalue weighted by Gasteiger charge is -2.18. The fraction of sp³-hybridized carbons (Fsp3) is 0.250. The number of nitrogens with one attached hydrogen (secondary N) is 2. The van der Waals surface area contributed by atoms with E-state index in [1.54, 1.807) is 6.07 Å². The highest BCUT2D eigenvalue weighted by Gasteiger charge is 2.30. The third kappa shape index (κ3) is 5.07. The smallest absolute Gasteiger partial charge is 0.321 e. The minimum Gasteiger partial charge on any atom is -0.321 e. The molecule has 1 aromatic heterocycles. The normalized spacial score (nSPS) is 13.1. The van der Waals surface area contributed by atoms with Crippen LogP contribution in [-0.4, -0.2) is 17.4 Å². The van der Waals surface area contributed by atoms with Crippen molar-refractivity contribution in [3.05, 3.63) is 58.9 Å². The topological polar surface area (TPSA) is 54.0 Å². The molecular weight excluding hydrogens is 378 g/mol. The number of fused-ring (bicyclic) bond motifs is 1. The van der Waals surface area contributed by atoms with Gasteiger partial charge in [0.2, 0.25) is 0 Å². The first-order valence-corrected chi connectivity index (χ1v) is 7.10. The molecule has 136 valence electrons. The molecule has 1 amide bonds. The van der Waals surface area contributed by atoms with E-state index in [1.165, 1.54) is 5.56 Å². The molecule has 0 saturated carbocycles. The van der Waals surface area contributed by atoms with E-state index in [0.717, 1.165) is 37.2 Å². The summed E-state index contributed by atoms with van der Waals surface area (Å²) in [6.45, 7) is 1.66. The maximum Gasteiger partial charge on any atom is 0.417 e. The molecule has 0 aliphatic carbocycles. The summed E-state index contributed by atoms with van der Waals surface area (Å²) in [5.74, 6) is -0.539. The Bertz CT molecular complexity index is 736. The molecular formula is C16H16Cl2F3N3O. The van der Waals surface area contributed by atoms with Gasteiger partial charge in [-0.1, -0.05) is 6.07 Å². The van der Waals surface area contributed by atoms with Gasteiger partial charge in [0.05, 0.1) is 5.56 Å². The number of hydrogen-bond acceptors (Lipinski definition) is 3. The molecule has 0 bridgehead atoms. The minimum absolute atomic E-state index is 0. The van der Waals surface area contributed by atoms with Gasteiger partial charge < -0.3 is 10.6 Å². The Kier molecular flexibility index (Phi) is 7.22. The number of hydrogen-bond donors (Lipinski definition) is 2. The summed E-state index contributed by atoms with van der Waals surface area (Å²) < 4.78 is 37.4. The van der Waals surface area contributed by atoms with Gasteiger partial charge in [-0.2, -0.15) is 13.2 Å². The monoisotopic (exact) mass is 393 g/mol. The molecule has 0 saturated heterocycles. The summed E-state index contributed by atoms with van der Waals surface area (Å²) in [6.07, 6.45) is -2.87. The molecule has 0 atom stereocenters. The van der Waals surface area contributed by atoms with Gasteiger partial charge in [0.25, 0.3) is 5.91 Å². The number of anilines is 1. The second kappa shape index (κ2) is 8.51. The molecule has 1 aliphatic heterocycles. The van der Waals surface area contributed by atoms with Crippen LogP contribution in [0.2, 0.25) is 0 Å². The Morgan fingerprint density at radius 3 is 2.52 bits per heavy atom. The molecule has 1 aliphatic rings. The lowest BCUT2D eigenvalue weighted by molar-refractivity contribution is -0.137. The predicted molar refractivity (Wildman–Crippen MR) is 93.5 cm³/mol. The Morgan fingerprint density at radius 2 is 1.88 bits per heavy atom. The van der Waals surface area contributed by atoms with Gasteiger partial charge in [-0.15, -0.1) is 24.8 Å². The summed E-state index contributed by atoms with van der Waals surface area (Å²) in [7, 11) is 0. The van der Waals surface area contributed by atoms with Crippen molar-refractivity contribution in [3.63, 3.8) is 0 Å². The molecule has 0 fully saturated rings. The highest BCUT2D eigenvalue weighted by atomic mass is 35.5. The van der Waals surface area contributed by atoms with E-state index < -0.39 is 17.6 Å². The largest absolute Gasteiger partial charge is 0.417 e. The summed E-state index contributed by atoms with van der Waals surface area (Å²) in [5, 5.41) is 5.90. The highest BCUT2D eigenvalue weighted by molar-refractivity contribution is 6.02. The molecule has 25 heavy (non-hydrogen) atoms. The molecule has 2 heterocycles. The summed E-state index contributed by atoms with van der Waals surface area (Å²) in [6, 6.07) is 7.51. The van der Waals surface area contributed by atoms with Crippen molar-refractivity contribution in [2.75, 3.05) is 11.9 Å². The maximum atomic E-state index is 12.5. The first-order chi connectivity index (χ1) is 10.9. The fourth-order valence-corrected chi connectivity index (χ4v) is 2.45. The van der Waals surface area contributed by atoms with Crippen LogP contribution in [0.1, 0.15) is 27.2 Å². The fourth-order valence-electron chi connectivity index (χ4n) is 2.45. The number of carbonyl (C=O) groups is 1. The molecule has 4 nitrogen and oxygen atoms in total. The molecule has 9 heteroatoms. The van der Waals surface area contributed by atoms with Crippen LogP contribution in [0.15, 0.2) is 36.5 Å². The molecule has 2 N–H and O–H groups in total. The molecule has 2 aromatic rings. The third-order valence-electron chi connectivity index (χ3n) is 3.67. The number of aromatic nitrogens is 1. The van der Waals surface area contributed by atoms with Crippen LogP contribution in [-0.2, 0) is 19.1 Å². The summed E-state index contributed by atoms with van der Waals surface area (Å²) >= 11 is 0. The van der Waals surface area contributed by atoms with Crippen molar-refractivity contribution in [2.24, 2.45) is 0 Å². The minimum atomic E-state index is -4.46. The first-order valence-electron chi connectivity index (χ1n) is 7.10. The van der Waals surface area contributed by atoms with Crippen molar-refractivity contribution >= 4 is 36.4 Å². The molecule has 3 rings (SSSR count). The van der Waals surface area contributed by atoms with Crippen LogP contribution < -0.4 is 10.6 Å². The lowest BCUT2D eigenvalue weighted by atomic mass is 10.0. The zero-order valence-corrected chi connectivity index (χ0v) is 14.5. The highest BCUT2D eigenvalue weighted by Crippen LogP contribution is 2.28. The van der Waals surface area contributed by atoms with Crippen molar-refractivity contribution in [2.45, 2.75) is 19.1 Å². The zero-order valence-electron chi connectivity index (χ0n) is 12.9. The number of pyridine rings is 1. The van der Waals surface area contributed by atoms with Crippen molar-refractivity contribution < 1.29 is 18.0 Å². The van der Waals surface area contributed by atoms with E-state index >= 15 is 0 Å². The maximum absolute atomic E-state index is 12.5. The van der Waals surface area contributed by atoms with Crippen molar-refractivity contribution in [1.29, 1.82) is 0 Å². The number of alkyl halides is 3. The molecule has 0 spiro atoms. The standard InChI is InChI=1S/C16H14F3N3O.2ClH/c17-16(18,19)12-2-4-14(21-9-12)15(23)22-13-3-1-10-5-6-20-8-11(10)7-13;;/h1-4,7,9,20H,5-6,8H2,(H,22,23);2*1H. The van der Waals surface area contributed by atoms with E-state index in [1.807, 2.05) is 12.1 Å². The van der Waals surface area contributed by atoms with E-state index in [9.17, 15) is 18.0 Å². The SMILES string of the molecule is Cl.Cl.O=C(Nc1ccc2c(c1)CNCC2)c1ccc(C(F)(F)F)cn1. The molecule has 0 unspecified atom stereocenters. The summed E-state index contributed by atoms with van der Waals surface area (Å²) in [5.41, 5.74) is 1.99. The summed E-state index contributed by atoms with van der Waals surface area (Å²) in [4.78, 5) is 15.7. The van der Waals surface area contributed by atoms with Crippen LogP contribution in [0.3, 0.4) is 0 Å². The van der Waals surface area contributed by atoms with Gasteiger partial charge in [-0.05, 0) is 48.4 Å². The molecule has 0 radical (unpaired) electrons. The van der Waals surface area contributed by atoms with E-state index in [2.05, 4.69) is 15.6 Å². The average molecular weight is 394 g/mol. The van der Waals surface area contributed by atoms with Gasteiger partial charge in [0, 0.05) is 18.4 Å². The van der Waals surface area contributed by atoms with Gasteiger partial charge in [-0.25, -0.2) is 0 Å². The van der Waals surface area contributed by atoms with Crippen LogP contribution in [0.25, 0.3) is 0 Å². The number of amides is 1. The zero-order chi connectivity index (χ0) is 16.4. The lowest BCUT2D eigenvalue weighted by Crippen LogP contribution is -2.24. The number of carbonyl (C=O) groups excluding carboxylic acids is 1. The molecule has 1 aromatic carbocycles. The van der Waals surface area contributed by atoms with Gasteiger partial charge >= 0.3 is 6.18 Å². The van der Waals surface area contributed by atoms with Crippen LogP contribution in [0, 0.1) is 0 Å². The van der Waals surface area contributed by atoms with Crippen molar-refractivity contribution in [3.8, 4) is 0 Å². The Balaban J connectivity index is 0.00000156. The number of halogens is 5. The Labute approximate surface area is 155 Å². The van der Waals surface area contributed by atoms with Crippen LogP contribution in [0.4, 0.5) is 18.9 Å². The van der Waals surface area contributed by atoms with Gasteiger partial charge in [-0.3, -0.25) is 9.78 Å². The Hall–Kier alpha value is -1.83. The quantitative estimate of drug-likeness (QED) is 0.814. The second-order valence-electron chi connectivity index (χ2n) is 5.29. The van der Waals surface area contributed by atoms with Gasteiger partial charge in [0.15, 0.2) is 0 Å². The first kappa shape index (κ1) is 21.2. The van der Waals surface area contributed by atoms with Crippen LogP contribution in [0.5, 0.6) is 0 Å². The third-order valence-corrected chi connectivity index (χ3v) is 3.67. The van der Waals surface area contributed by atoms with Crippen LogP contribution >= 0.6 is 24.8 Å². The van der Waals surface area contributed by atoms with Crippen molar-refractivity contribution in [1.82, 2.24) is 10.3 Å². The average Bonchev–Trinajstić information content (AvgIpc) is 2.54. The number of rotatable bonds is 2. The van der Waals surface area contributed by atoms with E-state index in [4.69, 9.17) is 0 Å². The Morgan fingerprint density at radius 1 is 1.12 bits per heavy atom. The van der Waals surface area contributed by atoms with Gasteiger partial charge in [0.1, 0.15) is 5.69 Å².